The summed E-state index contributed by atoms with van der Waals surface area (Å²) in [7, 11) is 2.01. The molecule has 234 valence electrons. The highest BCUT2D eigenvalue weighted by atomic mass is 16.7. The molecule has 11 nitrogen and oxygen atoms in total. The Morgan fingerprint density at radius 3 is 2.52 bits per heavy atom. The number of hydrogen-bond acceptors (Lipinski definition) is 9. The molecule has 2 bridgehead atoms. The van der Waals surface area contributed by atoms with Gasteiger partial charge in [0.2, 0.25) is 18.6 Å². The number of aromatic hydroxyl groups is 2. The molecule has 0 saturated carbocycles. The van der Waals surface area contributed by atoms with Crippen LogP contribution in [0, 0.1) is 32.1 Å². The normalized spacial score (nSPS) is 25.7. The zero-order valence-corrected chi connectivity index (χ0v) is 26.2. The first-order valence-corrected chi connectivity index (χ1v) is 15.4. The van der Waals surface area contributed by atoms with Crippen molar-refractivity contribution in [2.24, 2.45) is 0 Å². The lowest BCUT2D eigenvalue weighted by Gasteiger charge is -2.60. The zero-order chi connectivity index (χ0) is 31.6. The number of nitrogens with one attached hydrogen (secondary N) is 2. The average molecular weight is 604 g/mol. The summed E-state index contributed by atoms with van der Waals surface area (Å²) in [5, 5.41) is 39.6. The van der Waals surface area contributed by atoms with Crippen molar-refractivity contribution in [1.29, 1.82) is 5.26 Å². The van der Waals surface area contributed by atoms with Crippen LogP contribution in [0.25, 0.3) is 0 Å². The maximum atomic E-state index is 13.3. The van der Waals surface area contributed by atoms with Crippen molar-refractivity contribution in [2.45, 2.75) is 96.6 Å². The van der Waals surface area contributed by atoms with Crippen LogP contribution in [0.4, 0.5) is 0 Å². The lowest BCUT2D eigenvalue weighted by atomic mass is 9.71. The lowest BCUT2D eigenvalue weighted by Crippen LogP contribution is -2.69. The second-order valence-electron chi connectivity index (χ2n) is 12.6. The monoisotopic (exact) mass is 603 g/mol. The summed E-state index contributed by atoms with van der Waals surface area (Å²) in [5.41, 5.74) is 5.70. The van der Waals surface area contributed by atoms with Crippen LogP contribution in [0.5, 0.6) is 23.0 Å². The highest BCUT2D eigenvalue weighted by Crippen LogP contribution is 2.57. The maximum Gasteiger partial charge on any atom is 0.242 e. The van der Waals surface area contributed by atoms with Crippen molar-refractivity contribution >= 4 is 11.8 Å². The van der Waals surface area contributed by atoms with Crippen LogP contribution in [0.1, 0.15) is 77.7 Å². The zero-order valence-electron chi connectivity index (χ0n) is 26.2. The number of phenolic OH excluding ortho intramolecular Hbond substituents is 2. The maximum absolute atomic E-state index is 13.3. The predicted molar refractivity (Wildman–Crippen MR) is 162 cm³/mol. The van der Waals surface area contributed by atoms with Crippen molar-refractivity contribution in [3.8, 4) is 29.1 Å². The highest BCUT2D eigenvalue weighted by molar-refractivity contribution is 5.87. The molecule has 1 unspecified atom stereocenters. The van der Waals surface area contributed by atoms with Gasteiger partial charge in [0.15, 0.2) is 11.5 Å². The molecular weight excluding hydrogens is 562 g/mol. The fraction of sp³-hybridized carbons (Fsp3) is 0.545. The van der Waals surface area contributed by atoms with Gasteiger partial charge in [0, 0.05) is 47.3 Å². The molecule has 0 spiro atoms. The third-order valence-electron chi connectivity index (χ3n) is 10.2. The van der Waals surface area contributed by atoms with Gasteiger partial charge in [-0.3, -0.25) is 19.4 Å². The molecule has 6 rings (SSSR count). The molecule has 0 radical (unpaired) electrons. The SMILES string of the molecule is CCCC(=O)N[C@@H](C)C(=O)NC[C@H]1c2c(c(O)c(C)c3c2OCO3)CC2[C@H]3c4c(cc(C)c(C)c4O)C[C@@H]([C@H](C#N)N21)N3C. The summed E-state index contributed by atoms with van der Waals surface area (Å²) >= 11 is 0. The van der Waals surface area contributed by atoms with E-state index in [1.54, 1.807) is 13.8 Å². The van der Waals surface area contributed by atoms with Crippen LogP contribution in [0.15, 0.2) is 6.07 Å². The van der Waals surface area contributed by atoms with Gasteiger partial charge in [0.1, 0.15) is 23.6 Å². The van der Waals surface area contributed by atoms with Crippen molar-refractivity contribution in [3.05, 3.63) is 45.0 Å². The highest BCUT2D eigenvalue weighted by Gasteiger charge is 2.56. The van der Waals surface area contributed by atoms with E-state index in [-0.39, 0.29) is 54.8 Å². The minimum absolute atomic E-state index is 0.00457. The third-order valence-corrected chi connectivity index (χ3v) is 10.2. The van der Waals surface area contributed by atoms with Crippen molar-refractivity contribution in [3.63, 3.8) is 0 Å². The van der Waals surface area contributed by atoms with Gasteiger partial charge >= 0.3 is 0 Å². The summed E-state index contributed by atoms with van der Waals surface area (Å²) < 4.78 is 11.8. The molecule has 6 atom stereocenters. The average Bonchev–Trinajstić information content (AvgIpc) is 3.48. The number of amides is 2. The Balaban J connectivity index is 1.47. The van der Waals surface area contributed by atoms with E-state index in [1.165, 1.54) is 0 Å². The Labute approximate surface area is 257 Å². The number of likely N-dealkylation sites (N-methyl/N-ethyl adjacent to an activating group) is 1. The van der Waals surface area contributed by atoms with Gasteiger partial charge in [0.05, 0.1) is 18.2 Å². The van der Waals surface area contributed by atoms with Gasteiger partial charge in [-0.15, -0.1) is 0 Å². The number of benzene rings is 2. The Morgan fingerprint density at radius 2 is 1.82 bits per heavy atom. The van der Waals surface area contributed by atoms with E-state index < -0.39 is 18.1 Å². The van der Waals surface area contributed by atoms with Gasteiger partial charge in [-0.25, -0.2) is 0 Å². The fourth-order valence-electron chi connectivity index (χ4n) is 7.86. The minimum Gasteiger partial charge on any atom is -0.507 e. The van der Waals surface area contributed by atoms with Gasteiger partial charge < -0.3 is 30.3 Å². The van der Waals surface area contributed by atoms with E-state index in [4.69, 9.17) is 9.47 Å². The smallest absolute Gasteiger partial charge is 0.242 e. The quantitative estimate of drug-likeness (QED) is 0.391. The first-order valence-electron chi connectivity index (χ1n) is 15.4. The molecule has 1 fully saturated rings. The number of ether oxygens (including phenoxy) is 2. The molecule has 0 aliphatic carbocycles. The molecule has 4 aliphatic rings. The number of fused-ring (bicyclic) bond motifs is 9. The van der Waals surface area contributed by atoms with E-state index in [9.17, 15) is 25.1 Å². The first-order chi connectivity index (χ1) is 21.0. The van der Waals surface area contributed by atoms with Crippen molar-refractivity contribution in [2.75, 3.05) is 20.4 Å². The first kappa shape index (κ1) is 30.0. The number of carbonyl (C=O) groups is 2. The minimum atomic E-state index is -0.752. The molecule has 2 aromatic carbocycles. The molecule has 1 saturated heterocycles. The summed E-state index contributed by atoms with van der Waals surface area (Å²) in [4.78, 5) is 29.8. The second kappa shape index (κ2) is 11.2. The lowest BCUT2D eigenvalue weighted by molar-refractivity contribution is -0.129. The van der Waals surface area contributed by atoms with Crippen LogP contribution in [-0.4, -0.2) is 76.4 Å². The molecule has 44 heavy (non-hydrogen) atoms. The van der Waals surface area contributed by atoms with Gasteiger partial charge in [-0.05, 0) is 70.7 Å². The van der Waals surface area contributed by atoms with Crippen LogP contribution in [-0.2, 0) is 22.4 Å². The molecule has 4 heterocycles. The largest absolute Gasteiger partial charge is 0.507 e. The summed E-state index contributed by atoms with van der Waals surface area (Å²) in [6, 6.07) is 2.10. The van der Waals surface area contributed by atoms with E-state index in [1.807, 2.05) is 27.8 Å². The van der Waals surface area contributed by atoms with Gasteiger partial charge in [-0.2, -0.15) is 5.26 Å². The molecule has 4 N–H and O–H groups in total. The number of piperazine rings is 1. The standard InChI is InChI=1S/C33H41N5O6/c1-7-8-25(39)36-18(5)33(42)35-13-24-27-20(29(40)17(4)31-32(27)44-14-43-31)11-22-28-26-19(9-15(2)16(3)30(26)41)10-21(37(28)6)23(12-34)38(22)24/h9,18,21-24,28,40-41H,7-8,10-11,13-14H2,1-6H3,(H,35,42)(H,36,39)/t18-,21-,22?,23-,24-,28-/m0/s1. The van der Waals surface area contributed by atoms with E-state index in [0.29, 0.717) is 53.9 Å². The number of rotatable bonds is 6. The van der Waals surface area contributed by atoms with Gasteiger partial charge in [-0.1, -0.05) is 13.0 Å². The molecular formula is C33H41N5O6. The predicted octanol–water partition coefficient (Wildman–Crippen LogP) is 2.94. The summed E-state index contributed by atoms with van der Waals surface area (Å²) in [6.45, 7) is 9.37. The molecule has 4 aliphatic heterocycles. The summed E-state index contributed by atoms with van der Waals surface area (Å²) in [6.07, 6.45) is 1.99. The van der Waals surface area contributed by atoms with E-state index in [2.05, 4.69) is 32.6 Å². The number of nitrogens with zero attached hydrogens (tertiary/aromatic N) is 3. The Morgan fingerprint density at radius 1 is 1.09 bits per heavy atom. The van der Waals surface area contributed by atoms with Crippen molar-refractivity contribution in [1.82, 2.24) is 20.4 Å². The topological polar surface area (TPSA) is 147 Å². The van der Waals surface area contributed by atoms with Crippen LogP contribution >= 0.6 is 0 Å². The number of phenols is 2. The molecule has 2 amide bonds. The summed E-state index contributed by atoms with van der Waals surface area (Å²) in [5.74, 6) is 0.826. The second-order valence-corrected chi connectivity index (χ2v) is 12.6. The third kappa shape index (κ3) is 4.46. The van der Waals surface area contributed by atoms with Gasteiger partial charge in [0.25, 0.3) is 0 Å². The Bertz CT molecular complexity index is 1580. The van der Waals surface area contributed by atoms with Crippen LogP contribution in [0.2, 0.25) is 0 Å². The molecule has 11 heteroatoms. The van der Waals surface area contributed by atoms with Crippen LogP contribution in [0.3, 0.4) is 0 Å². The van der Waals surface area contributed by atoms with Crippen LogP contribution < -0.4 is 20.1 Å². The number of hydrogen-bond donors (Lipinski definition) is 4. The number of nitriles is 1. The van der Waals surface area contributed by atoms with E-state index in [0.717, 1.165) is 22.3 Å². The van der Waals surface area contributed by atoms with E-state index >= 15 is 0 Å². The van der Waals surface area contributed by atoms with Crippen molar-refractivity contribution < 1.29 is 29.3 Å². The Kier molecular flexibility index (Phi) is 7.62. The molecule has 2 aromatic rings. The Hall–Kier alpha value is -4.01. The fourth-order valence-corrected chi connectivity index (χ4v) is 7.86. The molecule has 0 aromatic heterocycles. The number of carbonyl (C=O) groups excluding carboxylic acids is 2. The number of aryl methyl sites for hydroxylation is 1.